The van der Waals surface area contributed by atoms with E-state index < -0.39 is 20.0 Å². The predicted octanol–water partition coefficient (Wildman–Crippen LogP) is 1.81. The Labute approximate surface area is 135 Å². The molecule has 0 aliphatic heterocycles. The van der Waals surface area contributed by atoms with Crippen LogP contribution in [0.1, 0.15) is 5.56 Å². The summed E-state index contributed by atoms with van der Waals surface area (Å²) in [4.78, 5) is -0.182. The Morgan fingerprint density at radius 3 is 2.13 bits per heavy atom. The number of hydrogen-bond donors (Lipinski definition) is 2. The molecule has 0 atom stereocenters. The number of anilines is 1. The number of rotatable bonds is 5. The summed E-state index contributed by atoms with van der Waals surface area (Å²) < 4.78 is 53.6. The minimum atomic E-state index is -3.94. The number of aryl methyl sites for hydroxylation is 1. The molecule has 0 heterocycles. The van der Waals surface area contributed by atoms with Crippen molar-refractivity contribution in [2.45, 2.75) is 11.8 Å². The molecule has 23 heavy (non-hydrogen) atoms. The van der Waals surface area contributed by atoms with Gasteiger partial charge in [0, 0.05) is 6.07 Å². The highest BCUT2D eigenvalue weighted by molar-refractivity contribution is 7.92. The Hall–Kier alpha value is -2.10. The van der Waals surface area contributed by atoms with Crippen molar-refractivity contribution in [3.05, 3.63) is 48.0 Å². The first kappa shape index (κ1) is 17.3. The van der Waals surface area contributed by atoms with E-state index in [1.165, 1.54) is 18.2 Å². The highest BCUT2D eigenvalue weighted by Crippen LogP contribution is 2.32. The van der Waals surface area contributed by atoms with Crippen LogP contribution in [0.2, 0.25) is 0 Å². The summed E-state index contributed by atoms with van der Waals surface area (Å²) in [7, 11) is -7.50. The van der Waals surface area contributed by atoms with E-state index in [-0.39, 0.29) is 16.3 Å². The number of hydrogen-bond acceptors (Lipinski definition) is 5. The molecule has 0 aliphatic rings. The van der Waals surface area contributed by atoms with Crippen molar-refractivity contribution in [1.82, 2.24) is 0 Å². The lowest BCUT2D eigenvalue weighted by atomic mass is 10.2. The van der Waals surface area contributed by atoms with Crippen molar-refractivity contribution in [3.63, 3.8) is 0 Å². The molecule has 0 saturated carbocycles. The Balaban J connectivity index is 2.49. The number of nitrogens with one attached hydrogen (secondary N) is 1. The highest BCUT2D eigenvalue weighted by Gasteiger charge is 2.15. The van der Waals surface area contributed by atoms with Crippen LogP contribution in [0.4, 0.5) is 5.69 Å². The van der Waals surface area contributed by atoms with E-state index in [4.69, 9.17) is 9.88 Å². The maximum Gasteiger partial charge on any atom is 0.238 e. The molecule has 0 aliphatic carbocycles. The minimum absolute atomic E-state index is 0.0332. The number of ether oxygens (including phenoxy) is 1. The SMILES string of the molecule is Cc1ccc(Oc2cc(S(N)(=O)=O)ccc2NS(C)(=O)=O)cc1. The molecule has 0 saturated heterocycles. The highest BCUT2D eigenvalue weighted by atomic mass is 32.2. The van der Waals surface area contributed by atoms with Crippen LogP contribution in [0.5, 0.6) is 11.5 Å². The second-order valence-corrected chi connectivity index (χ2v) is 8.30. The second kappa shape index (κ2) is 6.19. The first-order valence-electron chi connectivity index (χ1n) is 6.44. The topological polar surface area (TPSA) is 116 Å². The number of benzene rings is 2. The molecule has 0 amide bonds. The normalized spacial score (nSPS) is 12.0. The first-order chi connectivity index (χ1) is 10.5. The van der Waals surface area contributed by atoms with Gasteiger partial charge in [-0.3, -0.25) is 4.72 Å². The summed E-state index contributed by atoms with van der Waals surface area (Å²) in [6.45, 7) is 1.90. The molecule has 0 bridgehead atoms. The van der Waals surface area contributed by atoms with Gasteiger partial charge in [-0.25, -0.2) is 22.0 Å². The zero-order chi connectivity index (χ0) is 17.3. The van der Waals surface area contributed by atoms with Crippen LogP contribution in [0, 0.1) is 6.92 Å². The van der Waals surface area contributed by atoms with E-state index >= 15 is 0 Å². The van der Waals surface area contributed by atoms with Crippen LogP contribution in [0.25, 0.3) is 0 Å². The van der Waals surface area contributed by atoms with Crippen molar-refractivity contribution >= 4 is 25.7 Å². The van der Waals surface area contributed by atoms with Gasteiger partial charge in [0.2, 0.25) is 20.0 Å². The largest absolute Gasteiger partial charge is 0.455 e. The van der Waals surface area contributed by atoms with Gasteiger partial charge in [-0.05, 0) is 31.2 Å². The molecule has 0 fully saturated rings. The van der Waals surface area contributed by atoms with Gasteiger partial charge in [-0.1, -0.05) is 17.7 Å². The fourth-order valence-electron chi connectivity index (χ4n) is 1.78. The van der Waals surface area contributed by atoms with Crippen molar-refractivity contribution in [2.75, 3.05) is 11.0 Å². The van der Waals surface area contributed by atoms with Crippen LogP contribution in [-0.2, 0) is 20.0 Å². The molecule has 7 nitrogen and oxygen atoms in total. The van der Waals surface area contributed by atoms with Crippen molar-refractivity contribution in [1.29, 1.82) is 0 Å². The third kappa shape index (κ3) is 4.95. The van der Waals surface area contributed by atoms with Gasteiger partial charge in [0.15, 0.2) is 5.75 Å². The van der Waals surface area contributed by atoms with Crippen molar-refractivity contribution in [2.24, 2.45) is 5.14 Å². The van der Waals surface area contributed by atoms with E-state index in [0.717, 1.165) is 11.8 Å². The van der Waals surface area contributed by atoms with Gasteiger partial charge in [0.05, 0.1) is 16.8 Å². The summed E-state index contributed by atoms with van der Waals surface area (Å²) in [5.74, 6) is 0.463. The molecule has 0 spiro atoms. The molecule has 124 valence electrons. The molecular formula is C14H16N2O5S2. The summed E-state index contributed by atoms with van der Waals surface area (Å²) in [6.07, 6.45) is 0.982. The Morgan fingerprint density at radius 2 is 1.61 bits per heavy atom. The van der Waals surface area contributed by atoms with E-state index in [9.17, 15) is 16.8 Å². The van der Waals surface area contributed by atoms with Gasteiger partial charge in [-0.15, -0.1) is 0 Å². The monoisotopic (exact) mass is 356 g/mol. The van der Waals surface area contributed by atoms with E-state index in [1.54, 1.807) is 12.1 Å². The molecule has 2 aromatic carbocycles. The van der Waals surface area contributed by atoms with Crippen LogP contribution in [0.15, 0.2) is 47.4 Å². The zero-order valence-electron chi connectivity index (χ0n) is 12.5. The van der Waals surface area contributed by atoms with Gasteiger partial charge in [0.25, 0.3) is 0 Å². The number of nitrogens with two attached hydrogens (primary N) is 1. The second-order valence-electron chi connectivity index (χ2n) is 4.99. The van der Waals surface area contributed by atoms with Crippen molar-refractivity contribution < 1.29 is 21.6 Å². The molecule has 0 unspecified atom stereocenters. The van der Waals surface area contributed by atoms with E-state index in [0.29, 0.717) is 5.75 Å². The van der Waals surface area contributed by atoms with E-state index in [1.807, 2.05) is 19.1 Å². The van der Waals surface area contributed by atoms with Crippen LogP contribution >= 0.6 is 0 Å². The first-order valence-corrected chi connectivity index (χ1v) is 9.87. The quantitative estimate of drug-likeness (QED) is 0.847. The van der Waals surface area contributed by atoms with Gasteiger partial charge in [-0.2, -0.15) is 0 Å². The van der Waals surface area contributed by atoms with Gasteiger partial charge in [0.1, 0.15) is 5.75 Å². The van der Waals surface area contributed by atoms with E-state index in [2.05, 4.69) is 4.72 Å². The fraction of sp³-hybridized carbons (Fsp3) is 0.143. The maximum atomic E-state index is 11.5. The summed E-state index contributed by atoms with van der Waals surface area (Å²) in [6, 6.07) is 10.6. The summed E-state index contributed by atoms with van der Waals surface area (Å²) >= 11 is 0. The molecule has 3 N–H and O–H groups in total. The minimum Gasteiger partial charge on any atom is -0.455 e. The fourth-order valence-corrected chi connectivity index (χ4v) is 2.88. The molecule has 2 rings (SSSR count). The zero-order valence-corrected chi connectivity index (χ0v) is 14.1. The number of primary sulfonamides is 1. The average molecular weight is 356 g/mol. The standard InChI is InChI=1S/C14H16N2O5S2/c1-10-3-5-11(6-4-10)21-14-9-12(23(15,19)20)7-8-13(14)16-22(2,17)18/h3-9,16H,1-2H3,(H2,15,19,20). The molecular weight excluding hydrogens is 340 g/mol. The van der Waals surface area contributed by atoms with Crippen LogP contribution < -0.4 is 14.6 Å². The lowest BCUT2D eigenvalue weighted by molar-refractivity contribution is 0.482. The molecule has 0 aromatic heterocycles. The van der Waals surface area contributed by atoms with Gasteiger partial charge >= 0.3 is 0 Å². The predicted molar refractivity (Wildman–Crippen MR) is 87.5 cm³/mol. The Bertz CT molecular complexity index is 920. The third-order valence-electron chi connectivity index (χ3n) is 2.83. The summed E-state index contributed by atoms with van der Waals surface area (Å²) in [5, 5.41) is 5.09. The van der Waals surface area contributed by atoms with Crippen LogP contribution in [-0.4, -0.2) is 23.1 Å². The van der Waals surface area contributed by atoms with Crippen molar-refractivity contribution in [3.8, 4) is 11.5 Å². The third-order valence-corrected chi connectivity index (χ3v) is 4.33. The molecule has 0 radical (unpaired) electrons. The Morgan fingerprint density at radius 1 is 1.00 bits per heavy atom. The van der Waals surface area contributed by atoms with Gasteiger partial charge < -0.3 is 4.74 Å². The maximum absolute atomic E-state index is 11.5. The molecule has 9 heteroatoms. The lowest BCUT2D eigenvalue weighted by Gasteiger charge is -2.13. The molecule has 2 aromatic rings. The van der Waals surface area contributed by atoms with Crippen LogP contribution in [0.3, 0.4) is 0 Å². The lowest BCUT2D eigenvalue weighted by Crippen LogP contribution is -2.14. The summed E-state index contributed by atoms with van der Waals surface area (Å²) in [5.41, 5.74) is 1.13. The number of sulfonamides is 2. The smallest absolute Gasteiger partial charge is 0.238 e. The Kier molecular flexibility index (Phi) is 4.64. The average Bonchev–Trinajstić information content (AvgIpc) is 2.40.